The van der Waals surface area contributed by atoms with Crippen LogP contribution in [-0.4, -0.2) is 58.3 Å². The lowest BCUT2D eigenvalue weighted by molar-refractivity contribution is 0.267. The van der Waals surface area contributed by atoms with Gasteiger partial charge in [0.25, 0.3) is 0 Å². The van der Waals surface area contributed by atoms with Crippen molar-refractivity contribution < 1.29 is 0 Å². The molecule has 2 aliphatic rings. The maximum atomic E-state index is 4.31. The van der Waals surface area contributed by atoms with Crippen molar-refractivity contribution in [2.24, 2.45) is 4.99 Å². The van der Waals surface area contributed by atoms with Crippen LogP contribution in [0.25, 0.3) is 0 Å². The van der Waals surface area contributed by atoms with Gasteiger partial charge in [-0.05, 0) is 32.4 Å². The minimum atomic E-state index is 0. The van der Waals surface area contributed by atoms with E-state index in [-0.39, 0.29) is 24.0 Å². The average molecular weight is 433 g/mol. The van der Waals surface area contributed by atoms with Gasteiger partial charge in [0.1, 0.15) is 5.82 Å². The Bertz CT molecular complexity index is 528. The predicted molar refractivity (Wildman–Crippen MR) is 102 cm³/mol. The summed E-state index contributed by atoms with van der Waals surface area (Å²) in [6, 6.07) is 0.626. The summed E-state index contributed by atoms with van der Waals surface area (Å²) in [5, 5.41) is 15.3. The Hall–Kier alpha value is -0.900. The second-order valence-electron chi connectivity index (χ2n) is 6.02. The lowest BCUT2D eigenvalue weighted by atomic mass is 10.2. The monoisotopic (exact) mass is 433 g/mol. The number of fused-ring (bicyclic) bond motifs is 1. The molecule has 0 spiro atoms. The summed E-state index contributed by atoms with van der Waals surface area (Å²) in [6.07, 6.45) is 4.81. The van der Waals surface area contributed by atoms with Crippen molar-refractivity contribution >= 4 is 29.9 Å². The van der Waals surface area contributed by atoms with Gasteiger partial charge in [-0.1, -0.05) is 6.92 Å². The molecule has 0 aromatic carbocycles. The number of likely N-dealkylation sites (N-methyl/N-ethyl adjacent to an activating group) is 1. The molecule has 1 fully saturated rings. The van der Waals surface area contributed by atoms with Crippen molar-refractivity contribution in [1.29, 1.82) is 0 Å². The molecule has 8 heteroatoms. The number of hydrogen-bond donors (Lipinski definition) is 2. The van der Waals surface area contributed by atoms with E-state index in [4.69, 9.17) is 0 Å². The lowest BCUT2D eigenvalue weighted by Gasteiger charge is -2.23. The van der Waals surface area contributed by atoms with Crippen LogP contribution in [0.5, 0.6) is 0 Å². The molecule has 3 rings (SSSR count). The average Bonchev–Trinajstić information content (AvgIpc) is 3.24. The smallest absolute Gasteiger partial charge is 0.191 e. The number of nitrogens with one attached hydrogen (secondary N) is 2. The number of rotatable bonds is 5. The molecule has 1 aromatic heterocycles. The third-order valence-electron chi connectivity index (χ3n) is 4.73. The van der Waals surface area contributed by atoms with Crippen molar-refractivity contribution in [2.75, 3.05) is 26.7 Å². The van der Waals surface area contributed by atoms with E-state index in [2.05, 4.69) is 42.2 Å². The zero-order valence-corrected chi connectivity index (χ0v) is 16.4. The quantitative estimate of drug-likeness (QED) is 0.412. The lowest BCUT2D eigenvalue weighted by Crippen LogP contribution is -2.44. The summed E-state index contributed by atoms with van der Waals surface area (Å²) in [6.45, 7) is 7.25. The Morgan fingerprint density at radius 1 is 1.26 bits per heavy atom. The molecule has 1 atom stereocenters. The fraction of sp³-hybridized carbons (Fsp3) is 0.800. The summed E-state index contributed by atoms with van der Waals surface area (Å²) in [7, 11) is 1.82. The number of aromatic nitrogens is 3. The van der Waals surface area contributed by atoms with E-state index in [1.807, 2.05) is 7.05 Å². The topological polar surface area (TPSA) is 70.4 Å². The summed E-state index contributed by atoms with van der Waals surface area (Å²) < 4.78 is 2.22. The van der Waals surface area contributed by atoms with Gasteiger partial charge in [0.05, 0.1) is 6.54 Å². The molecule has 2 N–H and O–H groups in total. The number of guanidine groups is 1. The van der Waals surface area contributed by atoms with E-state index < -0.39 is 0 Å². The molecule has 0 saturated carbocycles. The van der Waals surface area contributed by atoms with E-state index in [1.165, 1.54) is 25.8 Å². The molecule has 1 aromatic rings. The fourth-order valence-electron chi connectivity index (χ4n) is 3.48. The van der Waals surface area contributed by atoms with E-state index in [0.717, 1.165) is 43.7 Å². The highest BCUT2D eigenvalue weighted by atomic mass is 127. The summed E-state index contributed by atoms with van der Waals surface area (Å²) in [5.74, 6) is 2.97. The molecule has 3 heterocycles. The zero-order chi connectivity index (χ0) is 15.4. The number of likely N-dealkylation sites (tertiary alicyclic amines) is 1. The second kappa shape index (κ2) is 8.81. The molecule has 2 aliphatic heterocycles. The highest BCUT2D eigenvalue weighted by Gasteiger charge is 2.23. The minimum absolute atomic E-state index is 0. The Morgan fingerprint density at radius 3 is 2.91 bits per heavy atom. The molecule has 0 amide bonds. The third kappa shape index (κ3) is 4.34. The van der Waals surface area contributed by atoms with Crippen LogP contribution in [0, 0.1) is 0 Å². The third-order valence-corrected chi connectivity index (χ3v) is 4.73. The van der Waals surface area contributed by atoms with Gasteiger partial charge in [0, 0.05) is 32.6 Å². The number of halogens is 1. The Kier molecular flexibility index (Phi) is 7.07. The van der Waals surface area contributed by atoms with Gasteiger partial charge in [0.15, 0.2) is 11.8 Å². The van der Waals surface area contributed by atoms with Crippen molar-refractivity contribution in [3.8, 4) is 0 Å². The minimum Gasteiger partial charge on any atom is -0.355 e. The Labute approximate surface area is 155 Å². The first-order valence-electron chi connectivity index (χ1n) is 8.41. The standard InChI is InChI=1S/C15H27N7.HI/c1-3-21-8-4-6-12(21)10-17-15(16-2)18-11-14-20-19-13-7-5-9-22(13)14;/h12H,3-11H2,1-2H3,(H2,16,17,18);1H. The van der Waals surface area contributed by atoms with E-state index >= 15 is 0 Å². The second-order valence-corrected chi connectivity index (χ2v) is 6.02. The maximum absolute atomic E-state index is 4.31. The first kappa shape index (κ1) is 18.4. The summed E-state index contributed by atoms with van der Waals surface area (Å²) in [4.78, 5) is 6.84. The zero-order valence-electron chi connectivity index (χ0n) is 14.1. The van der Waals surface area contributed by atoms with Crippen LogP contribution in [0.15, 0.2) is 4.99 Å². The van der Waals surface area contributed by atoms with Crippen molar-refractivity contribution in [2.45, 2.75) is 51.7 Å². The number of aliphatic imine (C=N–C) groups is 1. The first-order valence-corrected chi connectivity index (χ1v) is 8.41. The van der Waals surface area contributed by atoms with Gasteiger partial charge in [-0.2, -0.15) is 0 Å². The van der Waals surface area contributed by atoms with Crippen molar-refractivity contribution in [3.63, 3.8) is 0 Å². The number of nitrogens with zero attached hydrogens (tertiary/aromatic N) is 5. The largest absolute Gasteiger partial charge is 0.355 e. The van der Waals surface area contributed by atoms with E-state index in [0.29, 0.717) is 12.6 Å². The molecule has 23 heavy (non-hydrogen) atoms. The van der Waals surface area contributed by atoms with Crippen LogP contribution in [0.2, 0.25) is 0 Å². The van der Waals surface area contributed by atoms with Gasteiger partial charge in [0.2, 0.25) is 0 Å². The Morgan fingerprint density at radius 2 is 2.13 bits per heavy atom. The molecule has 7 nitrogen and oxygen atoms in total. The van der Waals surface area contributed by atoms with Gasteiger partial charge in [-0.15, -0.1) is 34.2 Å². The normalized spacial score (nSPS) is 21.1. The SMILES string of the molecule is CCN1CCCC1CNC(=NC)NCc1nnc2n1CCC2.I. The predicted octanol–water partition coefficient (Wildman–Crippen LogP) is 0.992. The fourth-order valence-corrected chi connectivity index (χ4v) is 3.48. The van der Waals surface area contributed by atoms with Crippen LogP contribution in [0.4, 0.5) is 0 Å². The highest BCUT2D eigenvalue weighted by Crippen LogP contribution is 2.15. The van der Waals surface area contributed by atoms with Gasteiger partial charge < -0.3 is 15.2 Å². The summed E-state index contributed by atoms with van der Waals surface area (Å²) >= 11 is 0. The van der Waals surface area contributed by atoms with Gasteiger partial charge in [-0.25, -0.2) is 0 Å². The summed E-state index contributed by atoms with van der Waals surface area (Å²) in [5.41, 5.74) is 0. The maximum Gasteiger partial charge on any atom is 0.191 e. The van der Waals surface area contributed by atoms with Crippen LogP contribution in [0.1, 0.15) is 37.8 Å². The van der Waals surface area contributed by atoms with Gasteiger partial charge in [-0.3, -0.25) is 9.89 Å². The molecule has 0 radical (unpaired) electrons. The number of hydrogen-bond acceptors (Lipinski definition) is 4. The van der Waals surface area contributed by atoms with Crippen LogP contribution < -0.4 is 10.6 Å². The van der Waals surface area contributed by atoms with Crippen molar-refractivity contribution in [1.82, 2.24) is 30.3 Å². The first-order chi connectivity index (χ1) is 10.8. The van der Waals surface area contributed by atoms with E-state index in [9.17, 15) is 0 Å². The molecule has 1 unspecified atom stereocenters. The van der Waals surface area contributed by atoms with Crippen LogP contribution in [-0.2, 0) is 19.5 Å². The van der Waals surface area contributed by atoms with E-state index in [1.54, 1.807) is 0 Å². The highest BCUT2D eigenvalue weighted by molar-refractivity contribution is 14.0. The molecule has 0 aliphatic carbocycles. The Balaban J connectivity index is 0.00000192. The van der Waals surface area contributed by atoms with Crippen LogP contribution in [0.3, 0.4) is 0 Å². The molecule has 0 bridgehead atoms. The van der Waals surface area contributed by atoms with Crippen molar-refractivity contribution in [3.05, 3.63) is 11.6 Å². The molecular weight excluding hydrogens is 405 g/mol. The molecule has 1 saturated heterocycles. The molecular formula is C15H28IN7. The number of aryl methyl sites for hydroxylation is 1. The van der Waals surface area contributed by atoms with Crippen LogP contribution >= 0.6 is 24.0 Å². The van der Waals surface area contributed by atoms with Gasteiger partial charge >= 0.3 is 0 Å². The molecule has 130 valence electrons.